The number of hydrogen-bond donors (Lipinski definition) is 1. The fourth-order valence-corrected chi connectivity index (χ4v) is 7.75. The molecule has 7 rings (SSSR count). The SMILES string of the molecule is O=C1CC[C@@]2(OCc3ccccc3)[C@H]3Cc4ccc(OCc5ccccc5)c(O)c4[C@@]2(CCN3CC2CC2)C1. The predicted octanol–water partition coefficient (Wildman–Crippen LogP) is 5.96. The average Bonchev–Trinajstić information content (AvgIpc) is 3.78. The summed E-state index contributed by atoms with van der Waals surface area (Å²) in [5, 5.41) is 11.9. The summed E-state index contributed by atoms with van der Waals surface area (Å²) in [6.07, 6.45) is 5.88. The normalized spacial score (nSPS) is 28.0. The van der Waals surface area contributed by atoms with Gasteiger partial charge in [0.1, 0.15) is 12.4 Å². The van der Waals surface area contributed by atoms with Crippen LogP contribution >= 0.6 is 0 Å². The highest BCUT2D eigenvalue weighted by molar-refractivity contribution is 5.83. The quantitative estimate of drug-likeness (QED) is 0.395. The first-order valence-corrected chi connectivity index (χ1v) is 14.5. The maximum atomic E-state index is 13.2. The van der Waals surface area contributed by atoms with E-state index >= 15 is 0 Å². The summed E-state index contributed by atoms with van der Waals surface area (Å²) in [6, 6.07) is 24.6. The Morgan fingerprint density at radius 2 is 1.62 bits per heavy atom. The van der Waals surface area contributed by atoms with Crippen LogP contribution in [0, 0.1) is 5.92 Å². The Balaban J connectivity index is 1.31. The Morgan fingerprint density at radius 1 is 0.897 bits per heavy atom. The third-order valence-corrected chi connectivity index (χ3v) is 9.77. The molecular formula is C34H37NO4. The van der Waals surface area contributed by atoms with Crippen LogP contribution in [0.15, 0.2) is 72.8 Å². The Kier molecular flexibility index (Phi) is 6.24. The zero-order valence-electron chi connectivity index (χ0n) is 22.5. The predicted molar refractivity (Wildman–Crippen MR) is 150 cm³/mol. The van der Waals surface area contributed by atoms with Gasteiger partial charge in [0.15, 0.2) is 11.5 Å². The number of nitrogens with zero attached hydrogens (tertiary/aromatic N) is 1. The average molecular weight is 524 g/mol. The Morgan fingerprint density at radius 3 is 2.33 bits per heavy atom. The van der Waals surface area contributed by atoms with Crippen molar-refractivity contribution in [1.82, 2.24) is 4.90 Å². The molecule has 1 heterocycles. The lowest BCUT2D eigenvalue weighted by molar-refractivity contribution is -0.206. The lowest BCUT2D eigenvalue weighted by atomic mass is 9.49. The molecule has 3 fully saturated rings. The van der Waals surface area contributed by atoms with Crippen molar-refractivity contribution in [3.63, 3.8) is 0 Å². The number of hydrogen-bond acceptors (Lipinski definition) is 5. The van der Waals surface area contributed by atoms with Gasteiger partial charge in [-0.3, -0.25) is 9.69 Å². The molecule has 39 heavy (non-hydrogen) atoms. The van der Waals surface area contributed by atoms with Crippen LogP contribution in [0.25, 0.3) is 0 Å². The van der Waals surface area contributed by atoms with Crippen molar-refractivity contribution in [3.05, 3.63) is 95.1 Å². The van der Waals surface area contributed by atoms with Crippen LogP contribution in [-0.2, 0) is 34.6 Å². The fourth-order valence-electron chi connectivity index (χ4n) is 7.75. The van der Waals surface area contributed by atoms with Gasteiger partial charge in [0.2, 0.25) is 0 Å². The van der Waals surface area contributed by atoms with Crippen molar-refractivity contribution in [3.8, 4) is 11.5 Å². The molecule has 0 amide bonds. The van der Waals surface area contributed by atoms with E-state index in [0.29, 0.717) is 38.2 Å². The number of rotatable bonds is 8. The highest BCUT2D eigenvalue weighted by Crippen LogP contribution is 2.62. The minimum atomic E-state index is -0.564. The number of benzene rings is 3. The minimum Gasteiger partial charge on any atom is -0.504 e. The lowest BCUT2D eigenvalue weighted by Crippen LogP contribution is -2.74. The lowest BCUT2D eigenvalue weighted by Gasteiger charge is -2.65. The van der Waals surface area contributed by atoms with Crippen molar-refractivity contribution in [2.24, 2.45) is 5.92 Å². The van der Waals surface area contributed by atoms with Gasteiger partial charge in [0, 0.05) is 36.4 Å². The van der Waals surface area contributed by atoms with Crippen molar-refractivity contribution in [2.45, 2.75) is 75.2 Å². The summed E-state index contributed by atoms with van der Waals surface area (Å²) < 4.78 is 13.3. The molecule has 0 spiro atoms. The third kappa shape index (κ3) is 4.27. The van der Waals surface area contributed by atoms with E-state index in [2.05, 4.69) is 35.2 Å². The van der Waals surface area contributed by atoms with Crippen molar-refractivity contribution in [1.29, 1.82) is 0 Å². The molecule has 1 N–H and O–H groups in total. The minimum absolute atomic E-state index is 0.187. The van der Waals surface area contributed by atoms with Crippen LogP contribution in [0.4, 0.5) is 0 Å². The van der Waals surface area contributed by atoms with Gasteiger partial charge in [-0.1, -0.05) is 66.7 Å². The maximum Gasteiger partial charge on any atom is 0.161 e. The van der Waals surface area contributed by atoms with E-state index in [1.165, 1.54) is 12.8 Å². The van der Waals surface area contributed by atoms with E-state index in [1.54, 1.807) is 0 Å². The largest absolute Gasteiger partial charge is 0.504 e. The molecular weight excluding hydrogens is 486 g/mol. The van der Waals surface area contributed by atoms with Crippen LogP contribution < -0.4 is 4.74 Å². The highest BCUT2D eigenvalue weighted by Gasteiger charge is 2.67. The van der Waals surface area contributed by atoms with Gasteiger partial charge in [0.05, 0.1) is 12.2 Å². The molecule has 4 aliphatic rings. The molecule has 0 unspecified atom stereocenters. The number of likely N-dealkylation sites (tertiary alicyclic amines) is 1. The van der Waals surface area contributed by atoms with E-state index in [0.717, 1.165) is 54.1 Å². The number of phenolic OH excluding ortho intramolecular Hbond substituents is 1. The summed E-state index contributed by atoms with van der Waals surface area (Å²) in [4.78, 5) is 15.9. The molecule has 5 nitrogen and oxygen atoms in total. The number of carbonyl (C=O) groups excluding carboxylic acids is 1. The number of ether oxygens (including phenoxy) is 2. The monoisotopic (exact) mass is 523 g/mol. The highest BCUT2D eigenvalue weighted by atomic mass is 16.5. The second-order valence-corrected chi connectivity index (χ2v) is 12.1. The summed E-state index contributed by atoms with van der Waals surface area (Å²) in [7, 11) is 0. The number of aromatic hydroxyl groups is 1. The van der Waals surface area contributed by atoms with E-state index in [1.807, 2.05) is 42.5 Å². The summed E-state index contributed by atoms with van der Waals surface area (Å²) in [5.41, 5.74) is 3.13. The Bertz CT molecular complexity index is 1350. The molecule has 202 valence electrons. The topological polar surface area (TPSA) is 59.0 Å². The summed E-state index contributed by atoms with van der Waals surface area (Å²) >= 11 is 0. The van der Waals surface area contributed by atoms with Gasteiger partial charge < -0.3 is 14.6 Å². The van der Waals surface area contributed by atoms with E-state index in [4.69, 9.17) is 9.47 Å². The van der Waals surface area contributed by atoms with Gasteiger partial charge in [-0.2, -0.15) is 0 Å². The van der Waals surface area contributed by atoms with Crippen LogP contribution in [0.1, 0.15) is 60.8 Å². The van der Waals surface area contributed by atoms with E-state index in [-0.39, 0.29) is 17.6 Å². The van der Waals surface area contributed by atoms with Gasteiger partial charge in [-0.05, 0) is 67.3 Å². The maximum absolute atomic E-state index is 13.2. The molecule has 3 atom stereocenters. The number of phenols is 1. The summed E-state index contributed by atoms with van der Waals surface area (Å²) in [5.74, 6) is 1.73. The molecule has 0 radical (unpaired) electrons. The van der Waals surface area contributed by atoms with Gasteiger partial charge >= 0.3 is 0 Å². The second kappa shape index (κ2) is 9.79. The molecule has 3 aliphatic carbocycles. The van der Waals surface area contributed by atoms with Crippen LogP contribution in [0.2, 0.25) is 0 Å². The Hall–Kier alpha value is -3.15. The zero-order valence-corrected chi connectivity index (χ0v) is 22.5. The van der Waals surface area contributed by atoms with Gasteiger partial charge in [0.25, 0.3) is 0 Å². The van der Waals surface area contributed by atoms with Crippen LogP contribution in [-0.4, -0.2) is 40.5 Å². The molecule has 1 aliphatic heterocycles. The third-order valence-electron chi connectivity index (χ3n) is 9.77. The van der Waals surface area contributed by atoms with E-state index in [9.17, 15) is 9.90 Å². The standard InChI is InChI=1S/C34H37NO4/c36-28-15-16-34(39-23-26-9-5-2-6-10-26)30-19-27-13-14-29(38-22-25-7-3-1-4-8-25)32(37)31(27)33(34,20-28)17-18-35(30)21-24-11-12-24/h1-10,13-14,24,30,37H,11-12,15-23H2/t30-,33-,34-/m1/s1. The van der Waals surface area contributed by atoms with Gasteiger partial charge in [-0.15, -0.1) is 0 Å². The van der Waals surface area contributed by atoms with Crippen molar-refractivity contribution in [2.75, 3.05) is 13.1 Å². The van der Waals surface area contributed by atoms with Crippen molar-refractivity contribution < 1.29 is 19.4 Å². The number of piperidine rings is 1. The fraction of sp³-hybridized carbons (Fsp3) is 0.441. The van der Waals surface area contributed by atoms with Gasteiger partial charge in [-0.25, -0.2) is 0 Å². The van der Waals surface area contributed by atoms with Crippen LogP contribution in [0.3, 0.4) is 0 Å². The first-order valence-electron chi connectivity index (χ1n) is 14.5. The summed E-state index contributed by atoms with van der Waals surface area (Å²) in [6.45, 7) is 2.92. The smallest absolute Gasteiger partial charge is 0.161 e. The molecule has 3 aromatic rings. The molecule has 5 heteroatoms. The molecule has 3 aromatic carbocycles. The number of carbonyl (C=O) groups is 1. The molecule has 1 saturated heterocycles. The Labute approximate surface area is 230 Å². The van der Waals surface area contributed by atoms with Crippen molar-refractivity contribution >= 4 is 5.78 Å². The molecule has 2 bridgehead atoms. The zero-order chi connectivity index (χ0) is 26.5. The number of fused-ring (bicyclic) bond motifs is 1. The van der Waals surface area contributed by atoms with Crippen LogP contribution in [0.5, 0.6) is 11.5 Å². The first-order chi connectivity index (χ1) is 19.1. The number of Topliss-reactive ketones (excluding diaryl/α,β-unsaturated/α-hetero) is 1. The second-order valence-electron chi connectivity index (χ2n) is 12.1. The van der Waals surface area contributed by atoms with E-state index < -0.39 is 11.0 Å². The molecule has 0 aromatic heterocycles. The first kappa shape index (κ1) is 24.9. The molecule has 2 saturated carbocycles. The number of ketones is 1.